The first kappa shape index (κ1) is 17.7. The quantitative estimate of drug-likeness (QED) is 0.418. The van der Waals surface area contributed by atoms with Gasteiger partial charge in [-0.25, -0.2) is 0 Å². The molecule has 0 saturated heterocycles. The minimum Gasteiger partial charge on any atom is -0.388 e. The van der Waals surface area contributed by atoms with E-state index in [1.807, 2.05) is 0 Å². The molecule has 3 aromatic rings. The van der Waals surface area contributed by atoms with Crippen LogP contribution >= 0.6 is 11.6 Å². The van der Waals surface area contributed by atoms with Crippen molar-refractivity contribution in [2.24, 2.45) is 0 Å². The highest BCUT2D eigenvalue weighted by Crippen LogP contribution is 2.28. The fourth-order valence-corrected chi connectivity index (χ4v) is 2.85. The van der Waals surface area contributed by atoms with Gasteiger partial charge in [-0.05, 0) is 25.1 Å². The number of nitro groups is 1. The molecule has 0 bridgehead atoms. The maximum absolute atomic E-state index is 13.0. The topological polar surface area (TPSA) is 111 Å². The van der Waals surface area contributed by atoms with Crippen LogP contribution in [0.4, 0.5) is 5.69 Å². The summed E-state index contributed by atoms with van der Waals surface area (Å²) in [7, 11) is 0. The van der Waals surface area contributed by atoms with E-state index in [-0.39, 0.29) is 27.7 Å². The number of hydrogen-bond donors (Lipinski definition) is 1. The number of non-ortho nitro benzene ring substituents is 1. The lowest BCUT2D eigenvalue weighted by atomic mass is 10.0. The lowest BCUT2D eigenvalue weighted by molar-refractivity contribution is -0.384. The van der Waals surface area contributed by atoms with Crippen LogP contribution in [0.15, 0.2) is 42.5 Å². The molecule has 0 amide bonds. The van der Waals surface area contributed by atoms with Crippen molar-refractivity contribution in [1.82, 2.24) is 14.8 Å². The number of aliphatic hydroxyl groups is 1. The number of nitrogens with zero attached hydrogens (tertiary/aromatic N) is 4. The monoisotopic (exact) mass is 372 g/mol. The fraction of sp³-hybridized carbons (Fsp3) is 0.118. The van der Waals surface area contributed by atoms with Gasteiger partial charge in [-0.15, -0.1) is 10.2 Å². The molecule has 132 valence electrons. The number of aryl methyl sites for hydroxylation is 1. The molecule has 0 atom stereocenters. The molecule has 1 N–H and O–H groups in total. The Morgan fingerprint density at radius 3 is 2.62 bits per heavy atom. The summed E-state index contributed by atoms with van der Waals surface area (Å²) in [5.41, 5.74) is 0.365. The molecule has 3 rings (SSSR count). The number of aromatic nitrogens is 3. The summed E-state index contributed by atoms with van der Waals surface area (Å²) in [5.74, 6) is 0.159. The van der Waals surface area contributed by atoms with Crippen LogP contribution in [-0.4, -0.2) is 30.6 Å². The molecular formula is C17H13ClN4O4. The molecule has 0 radical (unpaired) electrons. The van der Waals surface area contributed by atoms with Gasteiger partial charge >= 0.3 is 0 Å². The Hall–Kier alpha value is -3.10. The van der Waals surface area contributed by atoms with E-state index < -0.39 is 17.3 Å². The van der Waals surface area contributed by atoms with Crippen LogP contribution in [0.25, 0.3) is 5.69 Å². The van der Waals surface area contributed by atoms with Crippen molar-refractivity contribution < 1.29 is 14.8 Å². The van der Waals surface area contributed by atoms with Gasteiger partial charge in [-0.1, -0.05) is 23.7 Å². The number of ketones is 1. The maximum atomic E-state index is 13.0. The molecule has 1 heterocycles. The van der Waals surface area contributed by atoms with E-state index in [9.17, 15) is 20.0 Å². The van der Waals surface area contributed by atoms with E-state index in [4.69, 9.17) is 11.6 Å². The first-order chi connectivity index (χ1) is 12.4. The number of benzene rings is 2. The standard InChI is InChI=1S/C17H13ClN4O4/c1-10-19-20-16(9-23)21(10)15-7-6-11(22(25)26)8-13(15)17(24)12-4-2-3-5-14(12)18/h2-8,23H,9H2,1H3. The Morgan fingerprint density at radius 1 is 1.23 bits per heavy atom. The fourth-order valence-electron chi connectivity index (χ4n) is 2.63. The van der Waals surface area contributed by atoms with Crippen molar-refractivity contribution in [3.05, 3.63) is 80.4 Å². The van der Waals surface area contributed by atoms with Crippen molar-refractivity contribution in [1.29, 1.82) is 0 Å². The van der Waals surface area contributed by atoms with Crippen molar-refractivity contribution in [2.45, 2.75) is 13.5 Å². The third-order valence-electron chi connectivity index (χ3n) is 3.83. The molecule has 0 saturated carbocycles. The van der Waals surface area contributed by atoms with Gasteiger partial charge in [-0.2, -0.15) is 0 Å². The van der Waals surface area contributed by atoms with Crippen LogP contribution in [0.2, 0.25) is 5.02 Å². The summed E-state index contributed by atoms with van der Waals surface area (Å²) in [6.07, 6.45) is 0. The van der Waals surface area contributed by atoms with Gasteiger partial charge < -0.3 is 5.11 Å². The van der Waals surface area contributed by atoms with Crippen LogP contribution in [-0.2, 0) is 6.61 Å². The molecular weight excluding hydrogens is 360 g/mol. The first-order valence-electron chi connectivity index (χ1n) is 7.54. The van der Waals surface area contributed by atoms with Gasteiger partial charge in [0.05, 0.1) is 21.2 Å². The van der Waals surface area contributed by atoms with E-state index in [2.05, 4.69) is 10.2 Å². The van der Waals surface area contributed by atoms with Crippen molar-refractivity contribution in [2.75, 3.05) is 0 Å². The number of hydrogen-bond acceptors (Lipinski definition) is 6. The Morgan fingerprint density at radius 2 is 1.96 bits per heavy atom. The zero-order valence-electron chi connectivity index (χ0n) is 13.6. The maximum Gasteiger partial charge on any atom is 0.270 e. The van der Waals surface area contributed by atoms with Gasteiger partial charge in [0.1, 0.15) is 12.4 Å². The summed E-state index contributed by atoms with van der Waals surface area (Å²) >= 11 is 6.11. The minimum absolute atomic E-state index is 0.0601. The summed E-state index contributed by atoms with van der Waals surface area (Å²) < 4.78 is 1.48. The van der Waals surface area contributed by atoms with Crippen LogP contribution in [0, 0.1) is 17.0 Å². The van der Waals surface area contributed by atoms with Gasteiger partial charge in [0.25, 0.3) is 5.69 Å². The summed E-state index contributed by atoms with van der Waals surface area (Å²) in [5, 5.41) is 28.6. The van der Waals surface area contributed by atoms with Crippen LogP contribution < -0.4 is 0 Å². The van der Waals surface area contributed by atoms with Crippen molar-refractivity contribution in [3.8, 4) is 5.69 Å². The third-order valence-corrected chi connectivity index (χ3v) is 4.16. The second kappa shape index (κ2) is 7.03. The van der Waals surface area contributed by atoms with Gasteiger partial charge in [0, 0.05) is 17.7 Å². The second-order valence-electron chi connectivity index (χ2n) is 5.42. The number of carbonyl (C=O) groups excluding carboxylic acids is 1. The van der Waals surface area contributed by atoms with Gasteiger partial charge in [0.15, 0.2) is 11.6 Å². The molecule has 26 heavy (non-hydrogen) atoms. The molecule has 1 aromatic heterocycles. The lowest BCUT2D eigenvalue weighted by Gasteiger charge is -2.13. The highest BCUT2D eigenvalue weighted by atomic mass is 35.5. The molecule has 0 unspecified atom stereocenters. The predicted molar refractivity (Wildman–Crippen MR) is 93.6 cm³/mol. The second-order valence-corrected chi connectivity index (χ2v) is 5.83. The van der Waals surface area contributed by atoms with Gasteiger partial charge in [-0.3, -0.25) is 19.5 Å². The molecule has 2 aromatic carbocycles. The smallest absolute Gasteiger partial charge is 0.270 e. The Balaban J connectivity index is 2.27. The van der Waals surface area contributed by atoms with Crippen molar-refractivity contribution in [3.63, 3.8) is 0 Å². The largest absolute Gasteiger partial charge is 0.388 e. The number of nitro benzene ring substituents is 1. The summed E-state index contributed by atoms with van der Waals surface area (Å²) in [4.78, 5) is 23.6. The Labute approximate surface area is 152 Å². The Bertz CT molecular complexity index is 1020. The molecule has 0 fully saturated rings. The number of aliphatic hydroxyl groups excluding tert-OH is 1. The van der Waals surface area contributed by atoms with Gasteiger partial charge in [0.2, 0.25) is 0 Å². The van der Waals surface area contributed by atoms with Crippen LogP contribution in [0.1, 0.15) is 27.6 Å². The Kier molecular flexibility index (Phi) is 4.79. The molecule has 9 heteroatoms. The van der Waals surface area contributed by atoms with Crippen LogP contribution in [0.3, 0.4) is 0 Å². The molecule has 0 aliphatic rings. The predicted octanol–water partition coefficient (Wildman–Crippen LogP) is 2.86. The third kappa shape index (κ3) is 3.07. The zero-order valence-corrected chi connectivity index (χ0v) is 14.3. The normalized spacial score (nSPS) is 10.7. The average molecular weight is 373 g/mol. The number of rotatable bonds is 5. The SMILES string of the molecule is Cc1nnc(CO)n1-c1ccc([N+](=O)[O-])cc1C(=O)c1ccccc1Cl. The van der Waals surface area contributed by atoms with Crippen molar-refractivity contribution >= 4 is 23.1 Å². The molecule has 8 nitrogen and oxygen atoms in total. The molecule has 0 aliphatic heterocycles. The van der Waals surface area contributed by atoms with E-state index in [0.29, 0.717) is 11.5 Å². The average Bonchev–Trinajstić information content (AvgIpc) is 3.01. The molecule has 0 spiro atoms. The van der Waals surface area contributed by atoms with E-state index >= 15 is 0 Å². The number of halogens is 1. The molecule has 0 aliphatic carbocycles. The van der Waals surface area contributed by atoms with E-state index in [1.165, 1.54) is 22.8 Å². The lowest BCUT2D eigenvalue weighted by Crippen LogP contribution is -2.12. The zero-order chi connectivity index (χ0) is 18.8. The summed E-state index contributed by atoms with van der Waals surface area (Å²) in [6.45, 7) is 1.24. The van der Waals surface area contributed by atoms with E-state index in [1.54, 1.807) is 31.2 Å². The van der Waals surface area contributed by atoms with Crippen LogP contribution in [0.5, 0.6) is 0 Å². The minimum atomic E-state index is -0.584. The highest BCUT2D eigenvalue weighted by Gasteiger charge is 2.23. The number of carbonyl (C=O) groups is 1. The van der Waals surface area contributed by atoms with E-state index in [0.717, 1.165) is 0 Å². The summed E-state index contributed by atoms with van der Waals surface area (Å²) in [6, 6.07) is 10.3. The highest BCUT2D eigenvalue weighted by molar-refractivity contribution is 6.35. The first-order valence-corrected chi connectivity index (χ1v) is 7.91.